The molecular weight excluding hydrogens is 427 g/mol. The van der Waals surface area contributed by atoms with E-state index in [0.29, 0.717) is 27.6 Å². The van der Waals surface area contributed by atoms with Crippen molar-refractivity contribution in [3.05, 3.63) is 89.7 Å². The van der Waals surface area contributed by atoms with Crippen LogP contribution in [0.15, 0.2) is 73.1 Å². The first kappa shape index (κ1) is 18.8. The van der Waals surface area contributed by atoms with Crippen molar-refractivity contribution in [3.63, 3.8) is 0 Å². The van der Waals surface area contributed by atoms with Crippen LogP contribution in [0.5, 0.6) is 0 Å². The van der Waals surface area contributed by atoms with Crippen LogP contribution in [-0.2, 0) is 15.8 Å². The molecule has 9 heteroatoms. The summed E-state index contributed by atoms with van der Waals surface area (Å²) in [4.78, 5) is 4.09. The van der Waals surface area contributed by atoms with Gasteiger partial charge in [-0.1, -0.05) is 60.1 Å². The second kappa shape index (κ2) is 6.93. The Kier molecular flexibility index (Phi) is 4.34. The zero-order chi connectivity index (χ0) is 20.9. The van der Waals surface area contributed by atoms with Gasteiger partial charge in [0.1, 0.15) is 0 Å². The van der Waals surface area contributed by atoms with Gasteiger partial charge in [0.25, 0.3) is 0 Å². The first-order valence-corrected chi connectivity index (χ1v) is 11.0. The molecule has 0 amide bonds. The molecular formula is C21H14ClFN4O2S. The van der Waals surface area contributed by atoms with Crippen LogP contribution in [0.25, 0.3) is 27.7 Å². The lowest BCUT2D eigenvalue weighted by atomic mass is 10.1. The van der Waals surface area contributed by atoms with E-state index in [0.717, 1.165) is 10.7 Å². The Morgan fingerprint density at radius 2 is 1.73 bits per heavy atom. The highest BCUT2D eigenvalue weighted by atomic mass is 35.5. The first-order valence-electron chi connectivity index (χ1n) is 9.01. The van der Waals surface area contributed by atoms with Gasteiger partial charge in [-0.05, 0) is 17.7 Å². The molecule has 3 heterocycles. The summed E-state index contributed by atoms with van der Waals surface area (Å²) in [6.07, 6.45) is 2.58. The number of benzene rings is 2. The van der Waals surface area contributed by atoms with E-state index in [1.54, 1.807) is 42.5 Å². The molecule has 0 aliphatic heterocycles. The summed E-state index contributed by atoms with van der Waals surface area (Å²) in [5, 5.41) is 4.68. The summed E-state index contributed by atoms with van der Waals surface area (Å²) in [6, 6.07) is 17.6. The first-order chi connectivity index (χ1) is 14.4. The Morgan fingerprint density at radius 1 is 1.00 bits per heavy atom. The number of aromatic nitrogens is 4. The Labute approximate surface area is 176 Å². The molecule has 5 rings (SSSR count). The van der Waals surface area contributed by atoms with Crippen molar-refractivity contribution in [1.82, 2.24) is 18.6 Å². The molecule has 5 aromatic rings. The molecule has 0 unspecified atom stereocenters. The highest BCUT2D eigenvalue weighted by Crippen LogP contribution is 2.35. The summed E-state index contributed by atoms with van der Waals surface area (Å²) in [6.45, 7) is 0. The molecule has 3 aromatic heterocycles. The Morgan fingerprint density at radius 3 is 2.53 bits per heavy atom. The highest BCUT2D eigenvalue weighted by molar-refractivity contribution is 7.89. The average Bonchev–Trinajstić information content (AvgIpc) is 3.30. The number of fused-ring (bicyclic) bond motifs is 2. The van der Waals surface area contributed by atoms with Gasteiger partial charge in [0.05, 0.1) is 17.5 Å². The van der Waals surface area contributed by atoms with Crippen molar-refractivity contribution in [1.29, 1.82) is 0 Å². The molecule has 6 nitrogen and oxygen atoms in total. The third-order valence-electron chi connectivity index (χ3n) is 4.86. The van der Waals surface area contributed by atoms with Crippen LogP contribution in [-0.4, -0.2) is 27.0 Å². The predicted molar refractivity (Wildman–Crippen MR) is 113 cm³/mol. The van der Waals surface area contributed by atoms with Crippen LogP contribution in [0.4, 0.5) is 4.39 Å². The van der Waals surface area contributed by atoms with Crippen LogP contribution in [0.2, 0.25) is 5.15 Å². The number of hydrogen-bond donors (Lipinski definition) is 0. The van der Waals surface area contributed by atoms with Crippen molar-refractivity contribution >= 4 is 38.2 Å². The molecule has 0 aliphatic rings. The SMILES string of the molecule is O=S(=O)(Cc1ccccc1)n1cc(-c2cc(Cl)nn3c(F)cnc23)c2ccccc21. The molecule has 0 N–H and O–H groups in total. The lowest BCUT2D eigenvalue weighted by Crippen LogP contribution is -2.14. The van der Waals surface area contributed by atoms with Gasteiger partial charge in [0, 0.05) is 22.7 Å². The number of para-hydroxylation sites is 1. The van der Waals surface area contributed by atoms with E-state index in [2.05, 4.69) is 10.1 Å². The third-order valence-corrected chi connectivity index (χ3v) is 6.64. The van der Waals surface area contributed by atoms with Crippen LogP contribution >= 0.6 is 11.6 Å². The van der Waals surface area contributed by atoms with E-state index in [9.17, 15) is 12.8 Å². The molecule has 0 saturated carbocycles. The van der Waals surface area contributed by atoms with Crippen LogP contribution in [0.3, 0.4) is 0 Å². The van der Waals surface area contributed by atoms with E-state index < -0.39 is 16.0 Å². The Bertz CT molecular complexity index is 1510. The molecule has 0 atom stereocenters. The minimum Gasteiger partial charge on any atom is -0.244 e. The minimum atomic E-state index is -3.72. The maximum atomic E-state index is 14.1. The maximum Gasteiger partial charge on any atom is 0.243 e. The van der Waals surface area contributed by atoms with Crippen molar-refractivity contribution < 1.29 is 12.8 Å². The normalized spacial score (nSPS) is 12.1. The van der Waals surface area contributed by atoms with E-state index in [-0.39, 0.29) is 16.6 Å². The second-order valence-electron chi connectivity index (χ2n) is 6.79. The minimum absolute atomic E-state index is 0.0679. The number of halogens is 2. The lowest BCUT2D eigenvalue weighted by Gasteiger charge is -2.07. The lowest BCUT2D eigenvalue weighted by molar-refractivity contribution is 0.549. The van der Waals surface area contributed by atoms with Crippen LogP contribution in [0, 0.1) is 5.95 Å². The van der Waals surface area contributed by atoms with E-state index in [1.807, 2.05) is 18.2 Å². The Balaban J connectivity index is 1.75. The molecule has 150 valence electrons. The molecule has 0 radical (unpaired) electrons. The van der Waals surface area contributed by atoms with Crippen LogP contribution in [0.1, 0.15) is 5.56 Å². The third kappa shape index (κ3) is 3.05. The quantitative estimate of drug-likeness (QED) is 0.412. The zero-order valence-electron chi connectivity index (χ0n) is 15.4. The molecule has 2 aromatic carbocycles. The van der Waals surface area contributed by atoms with Gasteiger partial charge in [-0.25, -0.2) is 17.4 Å². The highest BCUT2D eigenvalue weighted by Gasteiger charge is 2.22. The molecule has 0 aliphatic carbocycles. The summed E-state index contributed by atoms with van der Waals surface area (Å²) < 4.78 is 42.8. The molecule has 0 saturated heterocycles. The van der Waals surface area contributed by atoms with Gasteiger partial charge in [0.15, 0.2) is 10.8 Å². The summed E-state index contributed by atoms with van der Waals surface area (Å²) in [5.41, 5.74) is 2.51. The van der Waals surface area contributed by atoms with Crippen molar-refractivity contribution in [2.45, 2.75) is 5.75 Å². The molecule has 0 bridgehead atoms. The number of imidazole rings is 1. The summed E-state index contributed by atoms with van der Waals surface area (Å²) >= 11 is 6.11. The Hall–Kier alpha value is -3.23. The van der Waals surface area contributed by atoms with Gasteiger partial charge >= 0.3 is 0 Å². The monoisotopic (exact) mass is 440 g/mol. The fraction of sp³-hybridized carbons (Fsp3) is 0.0476. The van der Waals surface area contributed by atoms with E-state index in [1.165, 1.54) is 10.2 Å². The fourth-order valence-electron chi connectivity index (χ4n) is 3.56. The van der Waals surface area contributed by atoms with Crippen molar-refractivity contribution in [2.24, 2.45) is 0 Å². The van der Waals surface area contributed by atoms with Gasteiger partial charge in [-0.3, -0.25) is 0 Å². The van der Waals surface area contributed by atoms with E-state index >= 15 is 0 Å². The van der Waals surface area contributed by atoms with Gasteiger partial charge < -0.3 is 0 Å². The number of nitrogens with zero attached hydrogens (tertiary/aromatic N) is 4. The van der Waals surface area contributed by atoms with Gasteiger partial charge in [-0.2, -0.15) is 14.0 Å². The largest absolute Gasteiger partial charge is 0.244 e. The molecule has 0 fully saturated rings. The molecule has 0 spiro atoms. The maximum absolute atomic E-state index is 14.1. The standard InChI is InChI=1S/C21H14ClFN4O2S/c22-19-10-16(21-24-11-20(23)27(21)25-19)17-12-26(18-9-5-4-8-15(17)18)30(28,29)13-14-6-2-1-3-7-14/h1-12H,13H2. The second-order valence-corrected chi connectivity index (χ2v) is 9.03. The number of hydrogen-bond acceptors (Lipinski definition) is 4. The fourth-order valence-corrected chi connectivity index (χ4v) is 5.22. The summed E-state index contributed by atoms with van der Waals surface area (Å²) in [7, 11) is -3.72. The zero-order valence-corrected chi connectivity index (χ0v) is 17.0. The van der Waals surface area contributed by atoms with Crippen molar-refractivity contribution in [3.8, 4) is 11.1 Å². The topological polar surface area (TPSA) is 69.3 Å². The summed E-state index contributed by atoms with van der Waals surface area (Å²) in [5.74, 6) is -0.814. The van der Waals surface area contributed by atoms with Gasteiger partial charge in [-0.15, -0.1) is 0 Å². The van der Waals surface area contributed by atoms with E-state index in [4.69, 9.17) is 11.6 Å². The molecule has 30 heavy (non-hydrogen) atoms. The average molecular weight is 441 g/mol. The predicted octanol–water partition coefficient (Wildman–Crippen LogP) is 4.52. The van der Waals surface area contributed by atoms with Gasteiger partial charge in [0.2, 0.25) is 16.0 Å². The van der Waals surface area contributed by atoms with Crippen LogP contribution < -0.4 is 0 Å². The van der Waals surface area contributed by atoms with Crippen molar-refractivity contribution in [2.75, 3.05) is 0 Å². The number of rotatable bonds is 4. The smallest absolute Gasteiger partial charge is 0.243 e.